The molecule has 2 aliphatic rings. The lowest BCUT2D eigenvalue weighted by molar-refractivity contribution is -0.126. The quantitative estimate of drug-likeness (QED) is 0.821. The van der Waals surface area contributed by atoms with Crippen LogP contribution >= 0.6 is 0 Å². The van der Waals surface area contributed by atoms with Crippen molar-refractivity contribution in [1.29, 1.82) is 0 Å². The number of likely N-dealkylation sites (tertiary alicyclic amines) is 1. The number of aromatic amines is 1. The molecule has 2 aliphatic heterocycles. The molecule has 0 aliphatic carbocycles. The summed E-state index contributed by atoms with van der Waals surface area (Å²) in [4.78, 5) is 14.6. The Balaban J connectivity index is 1.56. The standard InChI is InChI=1S/C15H24N4O3S/c1-11(15(20)17-13-5-8-23(21,22)10-13)19-7-2-3-12(9-19)14-4-6-16-18-14/h4,6,11-13H,2-3,5,7-10H2,1H3,(H,16,18)(H,17,20)/t11-,12-,13-/m1/s1. The first-order chi connectivity index (χ1) is 10.9. The maximum atomic E-state index is 12.4. The molecule has 23 heavy (non-hydrogen) atoms. The molecule has 0 radical (unpaired) electrons. The van der Waals surface area contributed by atoms with E-state index in [1.807, 2.05) is 13.0 Å². The molecule has 1 aromatic heterocycles. The Bertz CT molecular complexity index is 644. The minimum absolute atomic E-state index is 0.0717. The molecule has 3 heterocycles. The molecule has 0 spiro atoms. The van der Waals surface area contributed by atoms with Gasteiger partial charge in [0.15, 0.2) is 9.84 Å². The largest absolute Gasteiger partial charge is 0.351 e. The lowest BCUT2D eigenvalue weighted by Gasteiger charge is -2.36. The lowest BCUT2D eigenvalue weighted by atomic mass is 9.94. The third-order valence-electron chi connectivity index (χ3n) is 4.92. The first-order valence-corrected chi connectivity index (χ1v) is 10.0. The van der Waals surface area contributed by atoms with Gasteiger partial charge < -0.3 is 5.32 Å². The second-order valence-corrected chi connectivity index (χ2v) is 8.86. The molecular formula is C15H24N4O3S. The van der Waals surface area contributed by atoms with Crippen molar-refractivity contribution in [2.24, 2.45) is 0 Å². The Morgan fingerprint density at radius 2 is 2.30 bits per heavy atom. The molecular weight excluding hydrogens is 316 g/mol. The summed E-state index contributed by atoms with van der Waals surface area (Å²) in [6.45, 7) is 3.61. The second kappa shape index (κ2) is 6.60. The molecule has 3 rings (SSSR count). The number of nitrogens with zero attached hydrogens (tertiary/aromatic N) is 2. The molecule has 0 aromatic carbocycles. The van der Waals surface area contributed by atoms with Crippen LogP contribution in [-0.4, -0.2) is 66.1 Å². The summed E-state index contributed by atoms with van der Waals surface area (Å²) in [5, 5.41) is 9.93. The Kier molecular flexibility index (Phi) is 4.72. The maximum absolute atomic E-state index is 12.4. The third kappa shape index (κ3) is 3.92. The number of rotatable bonds is 4. The highest BCUT2D eigenvalue weighted by molar-refractivity contribution is 7.91. The lowest BCUT2D eigenvalue weighted by Crippen LogP contribution is -2.51. The van der Waals surface area contributed by atoms with Crippen LogP contribution in [0.25, 0.3) is 0 Å². The van der Waals surface area contributed by atoms with E-state index in [0.29, 0.717) is 12.3 Å². The highest BCUT2D eigenvalue weighted by Crippen LogP contribution is 2.26. The van der Waals surface area contributed by atoms with E-state index in [0.717, 1.165) is 31.6 Å². The van der Waals surface area contributed by atoms with Crippen LogP contribution in [0.15, 0.2) is 12.3 Å². The van der Waals surface area contributed by atoms with Gasteiger partial charge in [0, 0.05) is 30.4 Å². The second-order valence-electron chi connectivity index (χ2n) is 6.63. The van der Waals surface area contributed by atoms with Crippen molar-refractivity contribution in [3.63, 3.8) is 0 Å². The average molecular weight is 340 g/mol. The molecule has 3 atom stereocenters. The predicted molar refractivity (Wildman–Crippen MR) is 86.8 cm³/mol. The molecule has 8 heteroatoms. The maximum Gasteiger partial charge on any atom is 0.237 e. The average Bonchev–Trinajstić information content (AvgIpc) is 3.16. The van der Waals surface area contributed by atoms with Gasteiger partial charge in [-0.05, 0) is 38.8 Å². The van der Waals surface area contributed by atoms with E-state index < -0.39 is 9.84 Å². The monoisotopic (exact) mass is 340 g/mol. The number of nitrogens with one attached hydrogen (secondary N) is 2. The fraction of sp³-hybridized carbons (Fsp3) is 0.733. The van der Waals surface area contributed by atoms with Gasteiger partial charge in [-0.25, -0.2) is 8.42 Å². The van der Waals surface area contributed by atoms with Crippen LogP contribution in [0.4, 0.5) is 0 Å². The Labute approximate surface area is 136 Å². The number of aromatic nitrogens is 2. The molecule has 2 fully saturated rings. The zero-order valence-electron chi connectivity index (χ0n) is 13.4. The van der Waals surface area contributed by atoms with Crippen LogP contribution in [0, 0.1) is 0 Å². The topological polar surface area (TPSA) is 95.2 Å². The summed E-state index contributed by atoms with van der Waals surface area (Å²) >= 11 is 0. The fourth-order valence-electron chi connectivity index (χ4n) is 3.50. The van der Waals surface area contributed by atoms with Gasteiger partial charge in [-0.1, -0.05) is 0 Å². The number of hydrogen-bond donors (Lipinski definition) is 2. The molecule has 0 unspecified atom stereocenters. The van der Waals surface area contributed by atoms with Gasteiger partial charge in [-0.3, -0.25) is 14.8 Å². The Morgan fingerprint density at radius 1 is 1.48 bits per heavy atom. The summed E-state index contributed by atoms with van der Waals surface area (Å²) in [5.74, 6) is 0.547. The van der Waals surface area contributed by atoms with E-state index in [-0.39, 0.29) is 29.5 Å². The highest BCUT2D eigenvalue weighted by Gasteiger charge is 2.33. The SMILES string of the molecule is C[C@H](C(=O)N[C@@H]1CCS(=O)(=O)C1)N1CCC[C@@H](c2ccn[nH]2)C1. The molecule has 0 saturated carbocycles. The zero-order valence-corrected chi connectivity index (χ0v) is 14.2. The molecule has 0 bridgehead atoms. The Morgan fingerprint density at radius 3 is 2.96 bits per heavy atom. The van der Waals surface area contributed by atoms with Gasteiger partial charge in [0.05, 0.1) is 17.5 Å². The number of amides is 1. The number of carbonyl (C=O) groups is 1. The molecule has 2 N–H and O–H groups in total. The number of carbonyl (C=O) groups excluding carboxylic acids is 1. The van der Waals surface area contributed by atoms with Crippen LogP contribution < -0.4 is 5.32 Å². The first kappa shape index (κ1) is 16.4. The van der Waals surface area contributed by atoms with Crippen LogP contribution in [0.1, 0.15) is 37.8 Å². The van der Waals surface area contributed by atoms with Gasteiger partial charge >= 0.3 is 0 Å². The number of H-pyrrole nitrogens is 1. The number of hydrogen-bond acceptors (Lipinski definition) is 5. The fourth-order valence-corrected chi connectivity index (χ4v) is 5.18. The van der Waals surface area contributed by atoms with Crippen molar-refractivity contribution in [3.05, 3.63) is 18.0 Å². The predicted octanol–water partition coefficient (Wildman–Crippen LogP) is 0.281. The summed E-state index contributed by atoms with van der Waals surface area (Å²) in [7, 11) is -2.97. The van der Waals surface area contributed by atoms with Gasteiger partial charge in [0.25, 0.3) is 0 Å². The summed E-state index contributed by atoms with van der Waals surface area (Å²) < 4.78 is 23.0. The van der Waals surface area contributed by atoms with Gasteiger partial charge in [0.1, 0.15) is 0 Å². The van der Waals surface area contributed by atoms with Crippen LogP contribution in [-0.2, 0) is 14.6 Å². The van der Waals surface area contributed by atoms with Crippen LogP contribution in [0.2, 0.25) is 0 Å². The van der Waals surface area contributed by atoms with Crippen molar-refractivity contribution in [1.82, 2.24) is 20.4 Å². The van der Waals surface area contributed by atoms with Gasteiger partial charge in [-0.15, -0.1) is 0 Å². The van der Waals surface area contributed by atoms with Crippen LogP contribution in [0.3, 0.4) is 0 Å². The van der Waals surface area contributed by atoms with Gasteiger partial charge in [-0.2, -0.15) is 5.10 Å². The molecule has 7 nitrogen and oxygen atoms in total. The molecule has 1 amide bonds. The molecule has 128 valence electrons. The van der Waals surface area contributed by atoms with Gasteiger partial charge in [0.2, 0.25) is 5.91 Å². The van der Waals surface area contributed by atoms with E-state index in [4.69, 9.17) is 0 Å². The minimum atomic E-state index is -2.97. The molecule has 2 saturated heterocycles. The van der Waals surface area contributed by atoms with Crippen molar-refractivity contribution in [2.45, 2.75) is 44.2 Å². The summed E-state index contributed by atoms with van der Waals surface area (Å²) in [6, 6.07) is 1.51. The number of sulfone groups is 1. The molecule has 1 aromatic rings. The third-order valence-corrected chi connectivity index (χ3v) is 6.69. The number of piperidine rings is 1. The van der Waals surface area contributed by atoms with Crippen molar-refractivity contribution in [2.75, 3.05) is 24.6 Å². The first-order valence-electron chi connectivity index (χ1n) is 8.19. The van der Waals surface area contributed by atoms with Crippen LogP contribution in [0.5, 0.6) is 0 Å². The summed E-state index contributed by atoms with van der Waals surface area (Å²) in [6.07, 6.45) is 4.41. The van der Waals surface area contributed by atoms with E-state index in [1.165, 1.54) is 0 Å². The summed E-state index contributed by atoms with van der Waals surface area (Å²) in [5.41, 5.74) is 1.11. The smallest absolute Gasteiger partial charge is 0.237 e. The van der Waals surface area contributed by atoms with E-state index in [2.05, 4.69) is 20.4 Å². The van der Waals surface area contributed by atoms with Crippen molar-refractivity contribution in [3.8, 4) is 0 Å². The highest BCUT2D eigenvalue weighted by atomic mass is 32.2. The van der Waals surface area contributed by atoms with E-state index >= 15 is 0 Å². The van der Waals surface area contributed by atoms with E-state index in [9.17, 15) is 13.2 Å². The zero-order chi connectivity index (χ0) is 16.4. The van der Waals surface area contributed by atoms with E-state index in [1.54, 1.807) is 6.20 Å². The Hall–Kier alpha value is -1.41. The normalized spacial score (nSPS) is 29.3. The van der Waals surface area contributed by atoms with Crippen molar-refractivity contribution >= 4 is 15.7 Å². The minimum Gasteiger partial charge on any atom is -0.351 e. The van der Waals surface area contributed by atoms with Crippen molar-refractivity contribution < 1.29 is 13.2 Å².